The second-order valence-electron chi connectivity index (χ2n) is 7.69. The number of carbonyl (C=O) groups excluding carboxylic acids is 1. The molecule has 1 heterocycles. The first-order valence-electron chi connectivity index (χ1n) is 9.87. The summed E-state index contributed by atoms with van der Waals surface area (Å²) in [5.41, 5.74) is 5.00. The summed E-state index contributed by atoms with van der Waals surface area (Å²) in [5, 5.41) is 17.9. The van der Waals surface area contributed by atoms with Crippen molar-refractivity contribution in [1.29, 1.82) is 0 Å². The third kappa shape index (κ3) is 3.47. The summed E-state index contributed by atoms with van der Waals surface area (Å²) in [6, 6.07) is 12.5. The van der Waals surface area contributed by atoms with Gasteiger partial charge in [0.2, 0.25) is 0 Å². The number of benzene rings is 2. The average molecular weight is 405 g/mol. The van der Waals surface area contributed by atoms with Crippen molar-refractivity contribution in [3.8, 4) is 5.75 Å². The van der Waals surface area contributed by atoms with E-state index in [-0.39, 0.29) is 23.4 Å². The first-order chi connectivity index (χ1) is 14.4. The molecule has 0 unspecified atom stereocenters. The minimum atomic E-state index is -0.401. The molecule has 0 spiro atoms. The van der Waals surface area contributed by atoms with E-state index in [9.17, 15) is 14.9 Å². The fourth-order valence-corrected chi connectivity index (χ4v) is 4.40. The second-order valence-corrected chi connectivity index (χ2v) is 7.69. The minimum absolute atomic E-state index is 0.0490. The maximum Gasteiger partial charge on any atom is 0.269 e. The summed E-state index contributed by atoms with van der Waals surface area (Å²) in [4.78, 5) is 22.4. The van der Waals surface area contributed by atoms with Gasteiger partial charge in [-0.3, -0.25) is 19.9 Å². The van der Waals surface area contributed by atoms with Crippen LogP contribution in [0.4, 0.5) is 5.69 Å². The Hall–Kier alpha value is -3.48. The van der Waals surface area contributed by atoms with E-state index in [2.05, 4.69) is 6.07 Å². The van der Waals surface area contributed by atoms with Crippen molar-refractivity contribution in [2.75, 3.05) is 7.11 Å². The first kappa shape index (κ1) is 19.8. The number of aryl methyl sites for hydroxylation is 1. The Morgan fingerprint density at radius 2 is 1.97 bits per heavy atom. The predicted molar refractivity (Wildman–Crippen MR) is 113 cm³/mol. The smallest absolute Gasteiger partial charge is 0.269 e. The highest BCUT2D eigenvalue weighted by molar-refractivity contribution is 6.06. The number of rotatable bonds is 5. The van der Waals surface area contributed by atoms with Crippen LogP contribution in [0.5, 0.6) is 5.75 Å². The number of hydrazone groups is 1. The molecular weight excluding hydrogens is 382 g/mol. The number of ketones is 1. The van der Waals surface area contributed by atoms with E-state index < -0.39 is 4.92 Å². The molecule has 2 aliphatic rings. The molecule has 1 aliphatic heterocycles. The van der Waals surface area contributed by atoms with Gasteiger partial charge in [0, 0.05) is 35.4 Å². The molecule has 7 heteroatoms. The number of non-ortho nitro benzene ring substituents is 1. The molecule has 2 aromatic rings. The van der Waals surface area contributed by atoms with E-state index in [1.165, 1.54) is 24.6 Å². The minimum Gasteiger partial charge on any atom is -0.497 e. The van der Waals surface area contributed by atoms with Gasteiger partial charge in [-0.1, -0.05) is 18.2 Å². The third-order valence-electron chi connectivity index (χ3n) is 5.75. The van der Waals surface area contributed by atoms with Crippen molar-refractivity contribution in [3.05, 3.63) is 81.0 Å². The topological polar surface area (TPSA) is 85.0 Å². The fraction of sp³-hybridized carbons (Fsp3) is 0.304. The first-order valence-corrected chi connectivity index (χ1v) is 9.87. The Kier molecular flexibility index (Phi) is 5.11. The number of fused-ring (bicyclic) bond motifs is 3. The lowest BCUT2D eigenvalue weighted by atomic mass is 9.77. The number of nitro groups is 1. The molecule has 154 valence electrons. The van der Waals surface area contributed by atoms with Gasteiger partial charge in [-0.15, -0.1) is 0 Å². The van der Waals surface area contributed by atoms with Gasteiger partial charge in [0.25, 0.3) is 5.69 Å². The molecule has 0 amide bonds. The van der Waals surface area contributed by atoms with Crippen LogP contribution in [0.3, 0.4) is 0 Å². The quantitative estimate of drug-likeness (QED) is 0.418. The van der Waals surface area contributed by atoms with Gasteiger partial charge >= 0.3 is 0 Å². The van der Waals surface area contributed by atoms with Crippen molar-refractivity contribution < 1.29 is 14.5 Å². The molecule has 2 atom stereocenters. The van der Waals surface area contributed by atoms with Crippen LogP contribution in [-0.2, 0) is 11.2 Å². The SMILES string of the molecule is COc1ccc2c(c1)C1=NN(/C(C)=C/C(C)=O)[C@H](c3ccc([N+](=O)[O-])cc3)[C@H]1CC2. The van der Waals surface area contributed by atoms with Crippen LogP contribution in [0.2, 0.25) is 0 Å². The van der Waals surface area contributed by atoms with Crippen molar-refractivity contribution >= 4 is 17.2 Å². The van der Waals surface area contributed by atoms with E-state index in [1.54, 1.807) is 25.3 Å². The molecule has 7 nitrogen and oxygen atoms in total. The largest absolute Gasteiger partial charge is 0.497 e. The highest BCUT2D eigenvalue weighted by Gasteiger charge is 2.42. The van der Waals surface area contributed by atoms with E-state index in [4.69, 9.17) is 9.84 Å². The monoisotopic (exact) mass is 405 g/mol. The molecule has 4 rings (SSSR count). The molecule has 0 fully saturated rings. The Morgan fingerprint density at radius 3 is 2.60 bits per heavy atom. The summed E-state index contributed by atoms with van der Waals surface area (Å²) in [7, 11) is 1.64. The number of hydrogen-bond acceptors (Lipinski definition) is 6. The molecule has 1 aliphatic carbocycles. The molecule has 0 saturated carbocycles. The van der Waals surface area contributed by atoms with Gasteiger partial charge in [0.15, 0.2) is 5.78 Å². The highest BCUT2D eigenvalue weighted by atomic mass is 16.6. The summed E-state index contributed by atoms with van der Waals surface area (Å²) >= 11 is 0. The molecule has 2 aromatic carbocycles. The lowest BCUT2D eigenvalue weighted by Crippen LogP contribution is -2.28. The Bertz CT molecular complexity index is 1070. The number of nitrogens with zero attached hydrogens (tertiary/aromatic N) is 3. The highest BCUT2D eigenvalue weighted by Crippen LogP contribution is 2.45. The van der Waals surface area contributed by atoms with Crippen molar-refractivity contribution in [2.45, 2.75) is 32.7 Å². The normalized spacial score (nSPS) is 20.3. The van der Waals surface area contributed by atoms with Crippen LogP contribution < -0.4 is 4.74 Å². The lowest BCUT2D eigenvalue weighted by molar-refractivity contribution is -0.384. The molecular formula is C23H23N3O4. The average Bonchev–Trinajstić information content (AvgIpc) is 3.13. The Balaban J connectivity index is 1.81. The number of hydrogen-bond donors (Lipinski definition) is 0. The van der Waals surface area contributed by atoms with Crippen LogP contribution >= 0.6 is 0 Å². The zero-order valence-electron chi connectivity index (χ0n) is 17.2. The zero-order valence-corrected chi connectivity index (χ0v) is 17.2. The van der Waals surface area contributed by atoms with Crippen molar-refractivity contribution in [2.24, 2.45) is 11.0 Å². The van der Waals surface area contributed by atoms with Gasteiger partial charge < -0.3 is 4.74 Å². The number of methoxy groups -OCH3 is 1. The Morgan fingerprint density at radius 1 is 1.23 bits per heavy atom. The molecule has 0 saturated heterocycles. The predicted octanol–water partition coefficient (Wildman–Crippen LogP) is 4.42. The van der Waals surface area contributed by atoms with E-state index in [1.807, 2.05) is 24.1 Å². The van der Waals surface area contributed by atoms with Gasteiger partial charge in [-0.05, 0) is 49.9 Å². The lowest BCUT2D eigenvalue weighted by Gasteiger charge is -2.31. The summed E-state index contributed by atoms with van der Waals surface area (Å²) in [6.07, 6.45) is 3.39. The van der Waals surface area contributed by atoms with Gasteiger partial charge in [-0.2, -0.15) is 5.10 Å². The molecule has 0 aromatic heterocycles. The molecule has 0 radical (unpaired) electrons. The standard InChI is InChI=1S/C23H23N3O4/c1-14(12-15(2)27)25-23(17-4-8-18(9-5-17)26(28)29)20-11-7-16-6-10-19(30-3)13-21(16)22(20)24-25/h4-6,8-10,12-13,20,23H,7,11H2,1-3H3/b14-12+/t20-,23+/m0/s1. The summed E-state index contributed by atoms with van der Waals surface area (Å²) in [6.45, 7) is 3.38. The fourth-order valence-electron chi connectivity index (χ4n) is 4.40. The third-order valence-corrected chi connectivity index (χ3v) is 5.75. The maximum atomic E-state index is 11.7. The molecule has 30 heavy (non-hydrogen) atoms. The van der Waals surface area contributed by atoms with E-state index in [0.29, 0.717) is 0 Å². The van der Waals surface area contributed by atoms with E-state index >= 15 is 0 Å². The van der Waals surface area contributed by atoms with Crippen LogP contribution in [0, 0.1) is 16.0 Å². The number of allylic oxidation sites excluding steroid dienone is 2. The van der Waals surface area contributed by atoms with Crippen molar-refractivity contribution in [3.63, 3.8) is 0 Å². The summed E-state index contributed by atoms with van der Waals surface area (Å²) in [5.74, 6) is 0.840. The number of carbonyl (C=O) groups is 1. The van der Waals surface area contributed by atoms with Crippen LogP contribution in [0.25, 0.3) is 0 Å². The summed E-state index contributed by atoms with van der Waals surface area (Å²) < 4.78 is 5.41. The van der Waals surface area contributed by atoms with Gasteiger partial charge in [-0.25, -0.2) is 0 Å². The van der Waals surface area contributed by atoms with Crippen LogP contribution in [0.1, 0.15) is 43.0 Å². The van der Waals surface area contributed by atoms with Gasteiger partial charge in [0.05, 0.1) is 23.8 Å². The van der Waals surface area contributed by atoms with Crippen LogP contribution in [0.15, 0.2) is 59.3 Å². The number of ether oxygens (including phenoxy) is 1. The van der Waals surface area contributed by atoms with E-state index in [0.717, 1.165) is 41.1 Å². The Labute approximate surface area is 174 Å². The zero-order chi connectivity index (χ0) is 21.4. The molecule has 0 N–H and O–H groups in total. The molecule has 0 bridgehead atoms. The number of nitro benzene ring substituents is 1. The van der Waals surface area contributed by atoms with Crippen LogP contribution in [-0.4, -0.2) is 28.5 Å². The van der Waals surface area contributed by atoms with Crippen molar-refractivity contribution in [1.82, 2.24) is 5.01 Å². The maximum absolute atomic E-state index is 11.7. The van der Waals surface area contributed by atoms with Gasteiger partial charge in [0.1, 0.15) is 5.75 Å². The second kappa shape index (κ2) is 7.74.